The Morgan fingerprint density at radius 2 is 1.82 bits per heavy atom. The third kappa shape index (κ3) is 2.54. The second-order valence-corrected chi connectivity index (χ2v) is 5.48. The predicted octanol–water partition coefficient (Wildman–Crippen LogP) is 3.36. The molecule has 0 saturated heterocycles. The van der Waals surface area contributed by atoms with Gasteiger partial charge in [0.2, 0.25) is 0 Å². The first-order valence-corrected chi connectivity index (χ1v) is 6.95. The number of carboxylic acids is 2. The van der Waals surface area contributed by atoms with E-state index in [4.69, 9.17) is 0 Å². The summed E-state index contributed by atoms with van der Waals surface area (Å²) in [5.41, 5.74) is -0.274. The van der Waals surface area contributed by atoms with Crippen LogP contribution in [0.15, 0.2) is 47.6 Å². The molecule has 0 spiro atoms. The fraction of sp³-hybridized carbons (Fsp3) is 0.294. The normalized spacial score (nSPS) is 24.4. The maximum atomic E-state index is 13.1. The molecule has 116 valence electrons. The summed E-state index contributed by atoms with van der Waals surface area (Å²) < 4.78 is 13.1. The highest BCUT2D eigenvalue weighted by Crippen LogP contribution is 2.49. The van der Waals surface area contributed by atoms with Crippen LogP contribution in [0.25, 0.3) is 0 Å². The molecule has 0 aromatic heterocycles. The van der Waals surface area contributed by atoms with Crippen LogP contribution in [-0.2, 0) is 9.59 Å². The van der Waals surface area contributed by atoms with Crippen molar-refractivity contribution in [3.05, 3.63) is 58.9 Å². The van der Waals surface area contributed by atoms with Gasteiger partial charge in [-0.3, -0.25) is 4.79 Å². The fourth-order valence-corrected chi connectivity index (χ4v) is 3.10. The van der Waals surface area contributed by atoms with Gasteiger partial charge in [-0.25, -0.2) is 9.18 Å². The molecule has 5 heteroatoms. The Hall–Kier alpha value is -2.43. The molecule has 0 bridgehead atoms. The molecular formula is C17H17FO4. The minimum atomic E-state index is -1.36. The molecule has 2 N–H and O–H groups in total. The van der Waals surface area contributed by atoms with E-state index in [1.54, 1.807) is 19.9 Å². The highest BCUT2D eigenvalue weighted by molar-refractivity contribution is 5.93. The zero-order chi connectivity index (χ0) is 16.5. The number of rotatable bonds is 4. The minimum Gasteiger partial charge on any atom is -0.481 e. The Kier molecular flexibility index (Phi) is 4.17. The van der Waals surface area contributed by atoms with Gasteiger partial charge in [0, 0.05) is 11.5 Å². The van der Waals surface area contributed by atoms with Crippen molar-refractivity contribution in [1.82, 2.24) is 0 Å². The lowest BCUT2D eigenvalue weighted by molar-refractivity contribution is -0.147. The Labute approximate surface area is 127 Å². The largest absolute Gasteiger partial charge is 0.481 e. The second-order valence-electron chi connectivity index (χ2n) is 5.48. The summed E-state index contributed by atoms with van der Waals surface area (Å²) in [6.07, 6.45) is 3.30. The fourth-order valence-electron chi connectivity index (χ4n) is 3.10. The maximum absolute atomic E-state index is 13.1. The molecular weight excluding hydrogens is 287 g/mol. The number of carboxylic acid groups (broad SMARTS) is 2. The van der Waals surface area contributed by atoms with Crippen molar-refractivity contribution in [2.45, 2.75) is 26.2 Å². The molecule has 0 amide bonds. The van der Waals surface area contributed by atoms with Crippen molar-refractivity contribution >= 4 is 11.9 Å². The molecule has 2 unspecified atom stereocenters. The van der Waals surface area contributed by atoms with Crippen LogP contribution in [0.3, 0.4) is 0 Å². The van der Waals surface area contributed by atoms with Crippen LogP contribution in [-0.4, -0.2) is 22.2 Å². The second kappa shape index (κ2) is 5.75. The van der Waals surface area contributed by atoms with E-state index in [1.165, 1.54) is 30.3 Å². The zero-order valence-electron chi connectivity index (χ0n) is 12.3. The van der Waals surface area contributed by atoms with E-state index < -0.39 is 29.1 Å². The number of allylic oxidation sites excluding steroid dienone is 2. The topological polar surface area (TPSA) is 74.6 Å². The number of hydrogen-bond acceptors (Lipinski definition) is 2. The van der Waals surface area contributed by atoms with Crippen molar-refractivity contribution in [2.24, 2.45) is 5.41 Å². The van der Waals surface area contributed by atoms with Crippen molar-refractivity contribution in [1.29, 1.82) is 0 Å². The molecule has 1 aromatic rings. The average molecular weight is 304 g/mol. The number of halogens is 1. The van der Waals surface area contributed by atoms with Gasteiger partial charge in [-0.05, 0) is 37.1 Å². The van der Waals surface area contributed by atoms with E-state index in [2.05, 4.69) is 0 Å². The molecule has 1 aliphatic rings. The maximum Gasteiger partial charge on any atom is 0.332 e. The standard InChI is InChI=1S/C17H17FO4/c1-3-17(16(21)22)9-10(2)8-13(15(19)20)14(17)11-4-6-12(18)7-5-11/h4-9,14H,3H2,1-2H3,(H,19,20)(H,21,22). The lowest BCUT2D eigenvalue weighted by Gasteiger charge is -2.38. The van der Waals surface area contributed by atoms with Crippen molar-refractivity contribution in [3.63, 3.8) is 0 Å². The van der Waals surface area contributed by atoms with Gasteiger partial charge in [0.25, 0.3) is 0 Å². The van der Waals surface area contributed by atoms with Gasteiger partial charge in [-0.15, -0.1) is 0 Å². The molecule has 22 heavy (non-hydrogen) atoms. The third-order valence-electron chi connectivity index (χ3n) is 4.13. The molecule has 0 aliphatic heterocycles. The van der Waals surface area contributed by atoms with E-state index in [0.29, 0.717) is 11.1 Å². The van der Waals surface area contributed by atoms with Crippen LogP contribution in [0.5, 0.6) is 0 Å². The summed E-state index contributed by atoms with van der Waals surface area (Å²) in [6, 6.07) is 5.31. The summed E-state index contributed by atoms with van der Waals surface area (Å²) in [4.78, 5) is 23.5. The summed E-state index contributed by atoms with van der Waals surface area (Å²) in [5, 5.41) is 19.2. The smallest absolute Gasteiger partial charge is 0.332 e. The van der Waals surface area contributed by atoms with E-state index in [1.807, 2.05) is 0 Å². The molecule has 4 nitrogen and oxygen atoms in total. The van der Waals surface area contributed by atoms with Gasteiger partial charge in [0.1, 0.15) is 5.82 Å². The minimum absolute atomic E-state index is 0.0101. The Bertz CT molecular complexity index is 672. The molecule has 2 atom stereocenters. The van der Waals surface area contributed by atoms with Crippen molar-refractivity contribution in [2.75, 3.05) is 0 Å². The summed E-state index contributed by atoms with van der Waals surface area (Å²) in [7, 11) is 0. The molecule has 0 fully saturated rings. The number of hydrogen-bond donors (Lipinski definition) is 2. The Balaban J connectivity index is 2.70. The molecule has 2 rings (SSSR count). The first kappa shape index (κ1) is 15.9. The number of carbonyl (C=O) groups is 2. The average Bonchev–Trinajstić information content (AvgIpc) is 2.47. The Morgan fingerprint density at radius 3 is 2.27 bits per heavy atom. The number of benzene rings is 1. The van der Waals surface area contributed by atoms with Crippen molar-refractivity contribution < 1.29 is 24.2 Å². The lowest BCUT2D eigenvalue weighted by atomic mass is 9.63. The van der Waals surface area contributed by atoms with Gasteiger partial charge >= 0.3 is 11.9 Å². The highest BCUT2D eigenvalue weighted by atomic mass is 19.1. The molecule has 0 radical (unpaired) electrons. The predicted molar refractivity (Wildman–Crippen MR) is 79.0 cm³/mol. The van der Waals surface area contributed by atoms with Crippen LogP contribution < -0.4 is 0 Å². The highest BCUT2D eigenvalue weighted by Gasteiger charge is 2.48. The monoisotopic (exact) mass is 304 g/mol. The number of aliphatic carboxylic acids is 2. The summed E-state index contributed by atoms with van der Waals surface area (Å²) in [5.74, 6) is -3.57. The molecule has 1 aromatic carbocycles. The van der Waals surface area contributed by atoms with E-state index >= 15 is 0 Å². The van der Waals surface area contributed by atoms with E-state index in [9.17, 15) is 24.2 Å². The summed E-state index contributed by atoms with van der Waals surface area (Å²) in [6.45, 7) is 3.39. The van der Waals surface area contributed by atoms with Gasteiger partial charge in [0.15, 0.2) is 0 Å². The zero-order valence-corrected chi connectivity index (χ0v) is 12.3. The quantitative estimate of drug-likeness (QED) is 0.894. The van der Waals surface area contributed by atoms with Gasteiger partial charge in [-0.2, -0.15) is 0 Å². The van der Waals surface area contributed by atoms with Crippen molar-refractivity contribution in [3.8, 4) is 0 Å². The van der Waals surface area contributed by atoms with Gasteiger partial charge in [0.05, 0.1) is 5.41 Å². The Morgan fingerprint density at radius 1 is 1.23 bits per heavy atom. The molecule has 0 saturated carbocycles. The van der Waals surface area contributed by atoms with Crippen LogP contribution in [0.2, 0.25) is 0 Å². The van der Waals surface area contributed by atoms with Gasteiger partial charge < -0.3 is 10.2 Å². The first-order chi connectivity index (χ1) is 10.3. The van der Waals surface area contributed by atoms with Crippen LogP contribution in [0, 0.1) is 11.2 Å². The molecule has 1 aliphatic carbocycles. The summed E-state index contributed by atoms with van der Waals surface area (Å²) >= 11 is 0. The first-order valence-electron chi connectivity index (χ1n) is 6.95. The lowest BCUT2D eigenvalue weighted by Crippen LogP contribution is -2.39. The van der Waals surface area contributed by atoms with Crippen LogP contribution in [0.4, 0.5) is 4.39 Å². The van der Waals surface area contributed by atoms with E-state index in [0.717, 1.165) is 0 Å². The van der Waals surface area contributed by atoms with Crippen LogP contribution >= 0.6 is 0 Å². The third-order valence-corrected chi connectivity index (χ3v) is 4.13. The van der Waals surface area contributed by atoms with E-state index in [-0.39, 0.29) is 12.0 Å². The van der Waals surface area contributed by atoms with Gasteiger partial charge in [-0.1, -0.05) is 30.7 Å². The SMILES string of the molecule is CCC1(C(=O)O)C=C(C)C=C(C(=O)O)C1c1ccc(F)cc1. The van der Waals surface area contributed by atoms with Crippen LogP contribution in [0.1, 0.15) is 31.7 Å². The molecule has 0 heterocycles.